The van der Waals surface area contributed by atoms with Crippen LogP contribution in [0.4, 0.5) is 18.0 Å². The number of halogens is 3. The first-order valence-corrected chi connectivity index (χ1v) is 7.27. The van der Waals surface area contributed by atoms with Gasteiger partial charge in [0, 0.05) is 12.1 Å². The fraction of sp³-hybridized carbons (Fsp3) is 0.533. The minimum absolute atomic E-state index is 0.0312. The van der Waals surface area contributed by atoms with Crippen LogP contribution in [0, 0.1) is 5.82 Å². The van der Waals surface area contributed by atoms with Gasteiger partial charge in [0.05, 0.1) is 12.1 Å². The van der Waals surface area contributed by atoms with Crippen molar-refractivity contribution in [3.8, 4) is 5.75 Å². The molecule has 8 heteroatoms. The Morgan fingerprint density at radius 1 is 1.30 bits per heavy atom. The van der Waals surface area contributed by atoms with Gasteiger partial charge in [0.25, 0.3) is 0 Å². The third kappa shape index (κ3) is 5.97. The van der Waals surface area contributed by atoms with Crippen molar-refractivity contribution >= 4 is 6.03 Å². The van der Waals surface area contributed by atoms with Gasteiger partial charge in [-0.15, -0.1) is 0 Å². The molecule has 2 amide bonds. The molecule has 23 heavy (non-hydrogen) atoms. The van der Waals surface area contributed by atoms with Crippen LogP contribution < -0.4 is 15.4 Å². The van der Waals surface area contributed by atoms with Crippen LogP contribution in [-0.4, -0.2) is 29.9 Å². The van der Waals surface area contributed by atoms with Crippen LogP contribution in [-0.2, 0) is 6.54 Å². The smallest absolute Gasteiger partial charge is 0.387 e. The second-order valence-electron chi connectivity index (χ2n) is 5.06. The zero-order valence-electron chi connectivity index (χ0n) is 13.0. The number of carbonyl (C=O) groups excluding carboxylic acids is 1. The molecule has 0 saturated carbocycles. The molecular weight excluding hydrogens is 313 g/mol. The first-order valence-electron chi connectivity index (χ1n) is 7.27. The summed E-state index contributed by atoms with van der Waals surface area (Å²) in [6.07, 6.45) is 0.924. The third-order valence-electron chi connectivity index (χ3n) is 3.61. The Hall–Kier alpha value is -1.96. The highest BCUT2D eigenvalue weighted by molar-refractivity contribution is 5.74. The lowest BCUT2D eigenvalue weighted by Gasteiger charge is -2.25. The van der Waals surface area contributed by atoms with Crippen LogP contribution in [0.2, 0.25) is 0 Å². The molecule has 0 aliphatic carbocycles. The molecule has 0 aliphatic heterocycles. The van der Waals surface area contributed by atoms with E-state index in [4.69, 9.17) is 0 Å². The van der Waals surface area contributed by atoms with Gasteiger partial charge in [-0.3, -0.25) is 0 Å². The van der Waals surface area contributed by atoms with Gasteiger partial charge in [-0.2, -0.15) is 8.78 Å². The quantitative estimate of drug-likeness (QED) is 0.685. The lowest BCUT2D eigenvalue weighted by Crippen LogP contribution is -2.45. The predicted molar refractivity (Wildman–Crippen MR) is 78.8 cm³/mol. The minimum Gasteiger partial charge on any atom is -0.434 e. The number of urea groups is 1. The molecule has 0 saturated heterocycles. The zero-order valence-corrected chi connectivity index (χ0v) is 13.0. The van der Waals surface area contributed by atoms with Gasteiger partial charge in [-0.25, -0.2) is 9.18 Å². The molecule has 5 nitrogen and oxygen atoms in total. The topological polar surface area (TPSA) is 70.6 Å². The monoisotopic (exact) mass is 334 g/mol. The van der Waals surface area contributed by atoms with Crippen LogP contribution in [0.5, 0.6) is 5.75 Å². The van der Waals surface area contributed by atoms with Crippen LogP contribution in [0.25, 0.3) is 0 Å². The lowest BCUT2D eigenvalue weighted by molar-refractivity contribution is -0.0506. The van der Waals surface area contributed by atoms with E-state index < -0.39 is 24.1 Å². The van der Waals surface area contributed by atoms with Gasteiger partial charge in [-0.05, 0) is 25.0 Å². The summed E-state index contributed by atoms with van der Waals surface area (Å²) in [6, 6.07) is 2.87. The maximum Gasteiger partial charge on any atom is 0.387 e. The van der Waals surface area contributed by atoms with Crippen LogP contribution in [0.1, 0.15) is 32.3 Å². The van der Waals surface area contributed by atoms with E-state index in [9.17, 15) is 23.1 Å². The predicted octanol–water partition coefficient (Wildman–Crippen LogP) is 2.78. The van der Waals surface area contributed by atoms with Crippen molar-refractivity contribution in [3.05, 3.63) is 29.6 Å². The maximum absolute atomic E-state index is 13.7. The third-order valence-corrected chi connectivity index (χ3v) is 3.61. The number of rotatable bonds is 8. The van der Waals surface area contributed by atoms with E-state index in [1.165, 1.54) is 12.1 Å². The second-order valence-corrected chi connectivity index (χ2v) is 5.06. The molecule has 0 unspecified atom stereocenters. The number of hydrogen-bond acceptors (Lipinski definition) is 3. The number of carbonyl (C=O) groups is 1. The van der Waals surface area contributed by atoms with Gasteiger partial charge < -0.3 is 20.5 Å². The number of hydrogen-bond donors (Lipinski definition) is 3. The van der Waals surface area contributed by atoms with E-state index in [1.54, 1.807) is 13.8 Å². The van der Waals surface area contributed by atoms with Gasteiger partial charge in [0.2, 0.25) is 0 Å². The fourth-order valence-electron chi connectivity index (χ4n) is 1.89. The summed E-state index contributed by atoms with van der Waals surface area (Å²) in [4.78, 5) is 11.7. The normalized spacial score (nSPS) is 11.4. The largest absolute Gasteiger partial charge is 0.434 e. The van der Waals surface area contributed by atoms with Crippen LogP contribution in [0.3, 0.4) is 0 Å². The average molecular weight is 334 g/mol. The summed E-state index contributed by atoms with van der Waals surface area (Å²) >= 11 is 0. The first kappa shape index (κ1) is 19.1. The van der Waals surface area contributed by atoms with Crippen LogP contribution >= 0.6 is 0 Å². The molecule has 1 aromatic rings. The summed E-state index contributed by atoms with van der Waals surface area (Å²) in [5.41, 5.74) is -1.19. The van der Waals surface area contributed by atoms with Crippen molar-refractivity contribution < 1.29 is 27.8 Å². The highest BCUT2D eigenvalue weighted by atomic mass is 19.3. The molecule has 0 radical (unpaired) electrons. The molecule has 0 fully saturated rings. The van der Waals surface area contributed by atoms with Gasteiger partial charge in [-0.1, -0.05) is 19.9 Å². The average Bonchev–Trinajstić information content (AvgIpc) is 2.51. The second kappa shape index (κ2) is 8.61. The fourth-order valence-corrected chi connectivity index (χ4v) is 1.89. The number of alkyl halides is 2. The Morgan fingerprint density at radius 3 is 2.52 bits per heavy atom. The number of nitrogens with one attached hydrogen (secondary N) is 2. The summed E-state index contributed by atoms with van der Waals surface area (Å²) in [6.45, 7) is 0.196. The number of amides is 2. The summed E-state index contributed by atoms with van der Waals surface area (Å²) in [5, 5.41) is 14.9. The van der Waals surface area contributed by atoms with Gasteiger partial charge in [0.1, 0.15) is 11.6 Å². The summed E-state index contributed by atoms with van der Waals surface area (Å²) < 4.78 is 42.5. The Labute approximate surface area is 132 Å². The van der Waals surface area contributed by atoms with Crippen molar-refractivity contribution in [2.75, 3.05) is 6.54 Å². The molecule has 0 aromatic heterocycles. The van der Waals surface area contributed by atoms with E-state index in [1.807, 2.05) is 0 Å². The highest BCUT2D eigenvalue weighted by Crippen LogP contribution is 2.23. The minimum atomic E-state index is -3.09. The van der Waals surface area contributed by atoms with Crippen LogP contribution in [0.15, 0.2) is 18.2 Å². The van der Waals surface area contributed by atoms with E-state index in [0.29, 0.717) is 12.8 Å². The molecule has 0 atom stereocenters. The van der Waals surface area contributed by atoms with Gasteiger partial charge >= 0.3 is 12.6 Å². The summed E-state index contributed by atoms with van der Waals surface area (Å²) in [7, 11) is 0. The molecule has 0 aliphatic rings. The Bertz CT molecular complexity index is 523. The molecule has 0 heterocycles. The summed E-state index contributed by atoms with van der Waals surface area (Å²) in [5.74, 6) is -1.10. The van der Waals surface area contributed by atoms with Gasteiger partial charge in [0.15, 0.2) is 0 Å². The van der Waals surface area contributed by atoms with Crippen molar-refractivity contribution in [1.29, 1.82) is 0 Å². The highest BCUT2D eigenvalue weighted by Gasteiger charge is 2.23. The maximum atomic E-state index is 13.7. The Kier molecular flexibility index (Phi) is 7.15. The van der Waals surface area contributed by atoms with Crippen molar-refractivity contribution in [2.24, 2.45) is 0 Å². The number of benzene rings is 1. The van der Waals surface area contributed by atoms with E-state index >= 15 is 0 Å². The standard InChI is InChI=1S/C15H21F3N2O3/c1-3-15(22,4-2)9-20-14(21)19-8-10-11(16)6-5-7-12(10)23-13(17)18/h5-7,13,22H,3-4,8-9H2,1-2H3,(H2,19,20,21). The van der Waals surface area contributed by atoms with E-state index in [2.05, 4.69) is 15.4 Å². The molecule has 1 aromatic carbocycles. The SMILES string of the molecule is CCC(O)(CC)CNC(=O)NCc1c(F)cccc1OC(F)F. The molecular formula is C15H21F3N2O3. The van der Waals surface area contributed by atoms with E-state index in [-0.39, 0.29) is 24.4 Å². The molecule has 130 valence electrons. The molecule has 3 N–H and O–H groups in total. The Balaban J connectivity index is 2.62. The molecule has 1 rings (SSSR count). The number of aliphatic hydroxyl groups is 1. The van der Waals surface area contributed by atoms with E-state index in [0.717, 1.165) is 6.07 Å². The van der Waals surface area contributed by atoms with Crippen molar-refractivity contribution in [3.63, 3.8) is 0 Å². The Morgan fingerprint density at radius 2 is 1.96 bits per heavy atom. The number of ether oxygens (including phenoxy) is 1. The molecule has 0 spiro atoms. The molecule has 0 bridgehead atoms. The van der Waals surface area contributed by atoms with Crippen molar-refractivity contribution in [1.82, 2.24) is 10.6 Å². The zero-order chi connectivity index (χ0) is 17.5. The van der Waals surface area contributed by atoms with Crippen molar-refractivity contribution in [2.45, 2.75) is 45.4 Å². The first-order chi connectivity index (χ1) is 10.8. The lowest BCUT2D eigenvalue weighted by atomic mass is 9.98.